The number of nitrogen functional groups attached to an aromatic ring is 1. The van der Waals surface area contributed by atoms with E-state index in [0.717, 1.165) is 29.2 Å². The summed E-state index contributed by atoms with van der Waals surface area (Å²) in [6.07, 6.45) is 3.45. The third-order valence-electron chi connectivity index (χ3n) is 3.35. The summed E-state index contributed by atoms with van der Waals surface area (Å²) in [6.45, 7) is 3.53. The maximum Gasteiger partial charge on any atom is 0.138 e. The summed E-state index contributed by atoms with van der Waals surface area (Å²) in [5, 5.41) is 1.19. The summed E-state index contributed by atoms with van der Waals surface area (Å²) in [5.41, 5.74) is 8.94. The molecular formula is C16H17N3O. The number of hydrogen-bond donors (Lipinski definition) is 1. The van der Waals surface area contributed by atoms with Gasteiger partial charge in [-0.1, -0.05) is 6.07 Å². The summed E-state index contributed by atoms with van der Waals surface area (Å²) in [6, 6.07) is 11.9. The number of anilines is 1. The van der Waals surface area contributed by atoms with Crippen molar-refractivity contribution in [3.63, 3.8) is 0 Å². The van der Waals surface area contributed by atoms with Gasteiger partial charge in [0.2, 0.25) is 0 Å². The van der Waals surface area contributed by atoms with Gasteiger partial charge in [-0.15, -0.1) is 0 Å². The Labute approximate surface area is 117 Å². The zero-order valence-corrected chi connectivity index (χ0v) is 11.4. The van der Waals surface area contributed by atoms with E-state index in [1.807, 2.05) is 30.3 Å². The number of hydrogen-bond acceptors (Lipinski definition) is 3. The molecule has 4 nitrogen and oxygen atoms in total. The number of ether oxygens (including phenoxy) is 1. The maximum absolute atomic E-state index is 5.87. The molecule has 3 rings (SSSR count). The van der Waals surface area contributed by atoms with Gasteiger partial charge in [-0.05, 0) is 37.3 Å². The second-order valence-corrected chi connectivity index (χ2v) is 4.68. The Balaban J connectivity index is 1.91. The van der Waals surface area contributed by atoms with E-state index in [2.05, 4.69) is 22.5 Å². The molecule has 2 heterocycles. The summed E-state index contributed by atoms with van der Waals surface area (Å²) in [5.74, 6) is 0.778. The van der Waals surface area contributed by atoms with E-state index in [1.165, 1.54) is 5.39 Å². The molecule has 20 heavy (non-hydrogen) atoms. The molecule has 0 aliphatic rings. The predicted molar refractivity (Wildman–Crippen MR) is 80.6 cm³/mol. The van der Waals surface area contributed by atoms with Gasteiger partial charge < -0.3 is 15.0 Å². The lowest BCUT2D eigenvalue weighted by atomic mass is 10.2. The molecule has 4 heteroatoms. The number of nitrogens with two attached hydrogens (primary N) is 1. The molecule has 0 radical (unpaired) electrons. The normalized spacial score (nSPS) is 10.8. The Bertz CT molecular complexity index is 719. The van der Waals surface area contributed by atoms with Crippen LogP contribution < -0.4 is 10.5 Å². The molecule has 102 valence electrons. The van der Waals surface area contributed by atoms with E-state index in [4.69, 9.17) is 10.5 Å². The van der Waals surface area contributed by atoms with Crippen molar-refractivity contribution in [3.8, 4) is 5.75 Å². The molecule has 0 saturated carbocycles. The van der Waals surface area contributed by atoms with Crippen LogP contribution in [0.4, 0.5) is 5.69 Å². The van der Waals surface area contributed by atoms with Crippen LogP contribution in [0.25, 0.3) is 10.9 Å². The van der Waals surface area contributed by atoms with Crippen LogP contribution in [0.15, 0.2) is 48.8 Å². The molecule has 0 unspecified atom stereocenters. The van der Waals surface area contributed by atoms with Gasteiger partial charge >= 0.3 is 0 Å². The maximum atomic E-state index is 5.87. The molecule has 0 aliphatic carbocycles. The van der Waals surface area contributed by atoms with Gasteiger partial charge in [0.15, 0.2) is 0 Å². The minimum absolute atomic E-state index is 0.522. The molecule has 0 fully saturated rings. The Morgan fingerprint density at radius 3 is 2.90 bits per heavy atom. The number of fused-ring (bicyclic) bond motifs is 1. The first-order valence-corrected chi connectivity index (χ1v) is 6.68. The minimum atomic E-state index is 0.522. The van der Waals surface area contributed by atoms with Gasteiger partial charge in [-0.2, -0.15) is 0 Å². The number of aryl methyl sites for hydroxylation is 1. The quantitative estimate of drug-likeness (QED) is 0.738. The van der Waals surface area contributed by atoms with Crippen LogP contribution in [0, 0.1) is 0 Å². The molecular weight excluding hydrogens is 250 g/mol. The fourth-order valence-electron chi connectivity index (χ4n) is 2.41. The van der Waals surface area contributed by atoms with E-state index >= 15 is 0 Å². The first kappa shape index (κ1) is 12.5. The Kier molecular flexibility index (Phi) is 3.29. The topological polar surface area (TPSA) is 53.1 Å². The van der Waals surface area contributed by atoms with Gasteiger partial charge in [0, 0.05) is 23.8 Å². The van der Waals surface area contributed by atoms with Gasteiger partial charge in [-0.3, -0.25) is 4.98 Å². The van der Waals surface area contributed by atoms with Crippen molar-refractivity contribution in [2.75, 3.05) is 5.73 Å². The minimum Gasteiger partial charge on any atom is -0.486 e. The van der Waals surface area contributed by atoms with E-state index in [9.17, 15) is 0 Å². The largest absolute Gasteiger partial charge is 0.486 e. The van der Waals surface area contributed by atoms with Crippen LogP contribution in [-0.2, 0) is 13.2 Å². The summed E-state index contributed by atoms with van der Waals surface area (Å²) in [4.78, 5) is 4.05. The van der Waals surface area contributed by atoms with E-state index in [0.29, 0.717) is 6.61 Å². The van der Waals surface area contributed by atoms with E-state index < -0.39 is 0 Å². The van der Waals surface area contributed by atoms with Gasteiger partial charge in [-0.25, -0.2) is 0 Å². The summed E-state index contributed by atoms with van der Waals surface area (Å²) < 4.78 is 8.00. The van der Waals surface area contributed by atoms with Crippen LogP contribution >= 0.6 is 0 Å². The Hall–Kier alpha value is -2.49. The highest BCUT2D eigenvalue weighted by atomic mass is 16.5. The lowest BCUT2D eigenvalue weighted by Gasteiger charge is -2.09. The van der Waals surface area contributed by atoms with Crippen molar-refractivity contribution in [1.29, 1.82) is 0 Å². The van der Waals surface area contributed by atoms with Gasteiger partial charge in [0.05, 0.1) is 17.4 Å². The summed E-state index contributed by atoms with van der Waals surface area (Å²) in [7, 11) is 0. The fraction of sp³-hybridized carbons (Fsp3) is 0.188. The number of nitrogens with zero attached hydrogens (tertiary/aromatic N) is 2. The van der Waals surface area contributed by atoms with Crippen molar-refractivity contribution in [3.05, 3.63) is 54.5 Å². The van der Waals surface area contributed by atoms with Gasteiger partial charge in [0.1, 0.15) is 12.4 Å². The molecule has 0 saturated heterocycles. The Morgan fingerprint density at radius 1 is 1.25 bits per heavy atom. The average Bonchev–Trinajstić information content (AvgIpc) is 2.83. The molecule has 0 spiro atoms. The molecule has 1 aromatic carbocycles. The van der Waals surface area contributed by atoms with Crippen LogP contribution in [0.5, 0.6) is 5.75 Å². The SMILES string of the molecule is CCn1c(COc2cccnc2)cc2ccc(N)cc21. The molecule has 0 bridgehead atoms. The molecule has 0 aliphatic heterocycles. The first-order valence-electron chi connectivity index (χ1n) is 6.68. The standard InChI is InChI=1S/C16H17N3O/c1-2-19-14(11-20-15-4-3-7-18-10-15)8-12-5-6-13(17)9-16(12)19/h3-10H,2,11,17H2,1H3. The lowest BCUT2D eigenvalue weighted by molar-refractivity contribution is 0.295. The average molecular weight is 267 g/mol. The van der Waals surface area contributed by atoms with Crippen molar-refractivity contribution in [2.24, 2.45) is 0 Å². The third-order valence-corrected chi connectivity index (χ3v) is 3.35. The molecule has 2 aromatic heterocycles. The number of aromatic nitrogens is 2. The Morgan fingerprint density at radius 2 is 2.15 bits per heavy atom. The van der Waals surface area contributed by atoms with Crippen molar-refractivity contribution in [2.45, 2.75) is 20.1 Å². The lowest BCUT2D eigenvalue weighted by Crippen LogP contribution is -2.04. The fourth-order valence-corrected chi connectivity index (χ4v) is 2.41. The highest BCUT2D eigenvalue weighted by Gasteiger charge is 2.08. The smallest absolute Gasteiger partial charge is 0.138 e. The van der Waals surface area contributed by atoms with Gasteiger partial charge in [0.25, 0.3) is 0 Å². The van der Waals surface area contributed by atoms with Crippen molar-refractivity contribution < 1.29 is 4.74 Å². The first-order chi connectivity index (χ1) is 9.78. The second-order valence-electron chi connectivity index (χ2n) is 4.68. The molecule has 0 atom stereocenters. The third kappa shape index (κ3) is 2.32. The zero-order valence-electron chi connectivity index (χ0n) is 11.4. The van der Waals surface area contributed by atoms with Crippen LogP contribution in [-0.4, -0.2) is 9.55 Å². The predicted octanol–water partition coefficient (Wildman–Crippen LogP) is 3.22. The van der Waals surface area contributed by atoms with Crippen LogP contribution in [0.2, 0.25) is 0 Å². The zero-order chi connectivity index (χ0) is 13.9. The van der Waals surface area contributed by atoms with Crippen LogP contribution in [0.1, 0.15) is 12.6 Å². The van der Waals surface area contributed by atoms with Crippen LogP contribution in [0.3, 0.4) is 0 Å². The van der Waals surface area contributed by atoms with E-state index in [1.54, 1.807) is 12.4 Å². The van der Waals surface area contributed by atoms with E-state index in [-0.39, 0.29) is 0 Å². The number of pyridine rings is 1. The number of benzene rings is 1. The highest BCUT2D eigenvalue weighted by Crippen LogP contribution is 2.23. The highest BCUT2D eigenvalue weighted by molar-refractivity contribution is 5.84. The summed E-state index contributed by atoms with van der Waals surface area (Å²) >= 11 is 0. The second kappa shape index (κ2) is 5.25. The van der Waals surface area contributed by atoms with Crippen molar-refractivity contribution in [1.82, 2.24) is 9.55 Å². The molecule has 0 amide bonds. The number of rotatable bonds is 4. The molecule has 2 N–H and O–H groups in total. The molecule has 3 aromatic rings. The monoisotopic (exact) mass is 267 g/mol. The van der Waals surface area contributed by atoms with Crippen molar-refractivity contribution >= 4 is 16.6 Å².